The molecule has 6 heteroatoms. The average Bonchev–Trinajstić information content (AvgIpc) is 2.78. The number of benzene rings is 1. The highest BCUT2D eigenvalue weighted by Gasteiger charge is 2.23. The van der Waals surface area contributed by atoms with E-state index in [0.717, 1.165) is 9.86 Å². The number of rotatable bonds is 2. The van der Waals surface area contributed by atoms with Gasteiger partial charge >= 0.3 is 6.09 Å². The molecule has 2 aromatic rings. The van der Waals surface area contributed by atoms with Crippen LogP contribution in [0.5, 0.6) is 5.75 Å². The van der Waals surface area contributed by atoms with Crippen molar-refractivity contribution in [3.05, 3.63) is 28.4 Å². The molecule has 0 atom stereocenters. The Hall–Kier alpha value is -1.53. The first-order valence-electron chi connectivity index (χ1n) is 6.49. The van der Waals surface area contributed by atoms with Crippen LogP contribution in [0, 0.1) is 0 Å². The molecule has 1 N–H and O–H groups in total. The van der Waals surface area contributed by atoms with Crippen LogP contribution in [0.1, 0.15) is 26.3 Å². The largest absolute Gasteiger partial charge is 0.495 e. The molecule has 0 aliphatic heterocycles. The third-order valence-corrected chi connectivity index (χ3v) is 3.58. The number of carbonyl (C=O) groups excluding carboxylic acids is 1. The van der Waals surface area contributed by atoms with E-state index >= 15 is 0 Å². The first-order chi connectivity index (χ1) is 9.78. The molecular formula is C15H18BrNO4. The maximum atomic E-state index is 12.4. The van der Waals surface area contributed by atoms with Gasteiger partial charge in [-0.3, -0.25) is 0 Å². The number of nitrogens with zero attached hydrogens (tertiary/aromatic N) is 1. The van der Waals surface area contributed by atoms with Crippen LogP contribution in [0.3, 0.4) is 0 Å². The third kappa shape index (κ3) is 3.06. The summed E-state index contributed by atoms with van der Waals surface area (Å²) in [5.41, 5.74) is 0.596. The Morgan fingerprint density at radius 3 is 2.57 bits per heavy atom. The molecular weight excluding hydrogens is 338 g/mol. The second kappa shape index (κ2) is 5.69. The van der Waals surface area contributed by atoms with Gasteiger partial charge in [0.15, 0.2) is 0 Å². The predicted molar refractivity (Wildman–Crippen MR) is 83.7 cm³/mol. The highest BCUT2D eigenvalue weighted by atomic mass is 79.9. The fourth-order valence-electron chi connectivity index (χ4n) is 2.12. The number of fused-ring (bicyclic) bond motifs is 1. The molecule has 0 fully saturated rings. The molecule has 21 heavy (non-hydrogen) atoms. The molecule has 0 spiro atoms. The van der Waals surface area contributed by atoms with Gasteiger partial charge in [0.2, 0.25) is 0 Å². The van der Waals surface area contributed by atoms with Crippen LogP contribution in [0.15, 0.2) is 22.8 Å². The summed E-state index contributed by atoms with van der Waals surface area (Å²) >= 11 is 3.44. The van der Waals surface area contributed by atoms with Crippen molar-refractivity contribution in [3.8, 4) is 5.75 Å². The van der Waals surface area contributed by atoms with Gasteiger partial charge < -0.3 is 14.6 Å². The van der Waals surface area contributed by atoms with Crippen molar-refractivity contribution in [2.45, 2.75) is 33.0 Å². The molecule has 114 valence electrons. The molecule has 1 aromatic carbocycles. The average molecular weight is 356 g/mol. The molecule has 1 aromatic heterocycles. The second-order valence-electron chi connectivity index (χ2n) is 5.64. The number of aliphatic hydroxyl groups is 1. The third-order valence-electron chi connectivity index (χ3n) is 2.92. The highest BCUT2D eigenvalue weighted by Crippen LogP contribution is 2.36. The molecule has 0 aliphatic carbocycles. The van der Waals surface area contributed by atoms with Gasteiger partial charge in [-0.25, -0.2) is 9.36 Å². The van der Waals surface area contributed by atoms with Gasteiger partial charge in [-0.2, -0.15) is 0 Å². The molecule has 0 amide bonds. The molecule has 1 heterocycles. The van der Waals surface area contributed by atoms with Crippen molar-refractivity contribution in [1.82, 2.24) is 4.57 Å². The first-order valence-corrected chi connectivity index (χ1v) is 7.28. The normalized spacial score (nSPS) is 11.7. The lowest BCUT2D eigenvalue weighted by Crippen LogP contribution is -2.26. The molecule has 0 bridgehead atoms. The van der Waals surface area contributed by atoms with Crippen LogP contribution in [0.2, 0.25) is 0 Å². The van der Waals surface area contributed by atoms with Gasteiger partial charge in [0.1, 0.15) is 16.9 Å². The summed E-state index contributed by atoms with van der Waals surface area (Å²) in [5.74, 6) is 0.541. The van der Waals surface area contributed by atoms with Crippen molar-refractivity contribution >= 4 is 32.9 Å². The lowest BCUT2D eigenvalue weighted by atomic mass is 10.2. The van der Waals surface area contributed by atoms with Crippen LogP contribution < -0.4 is 4.74 Å². The number of ether oxygens (including phenoxy) is 2. The monoisotopic (exact) mass is 355 g/mol. The van der Waals surface area contributed by atoms with E-state index in [0.29, 0.717) is 16.8 Å². The van der Waals surface area contributed by atoms with Gasteiger partial charge in [-0.15, -0.1) is 0 Å². The fourth-order valence-corrected chi connectivity index (χ4v) is 2.69. The zero-order valence-electron chi connectivity index (χ0n) is 12.4. The van der Waals surface area contributed by atoms with E-state index in [-0.39, 0.29) is 6.61 Å². The number of carbonyl (C=O) groups is 1. The minimum Gasteiger partial charge on any atom is -0.495 e. The quantitative estimate of drug-likeness (QED) is 0.892. The standard InChI is InChI=1S/C15H18BrNO4/c1-15(2,3)21-14(19)17-7-9(8-18)12-10(16)5-6-11(20-4)13(12)17/h5-7,18H,8H2,1-4H3. The molecule has 0 unspecified atom stereocenters. The summed E-state index contributed by atoms with van der Waals surface area (Å²) in [6, 6.07) is 3.58. The molecule has 5 nitrogen and oxygen atoms in total. The number of hydrogen-bond acceptors (Lipinski definition) is 4. The van der Waals surface area contributed by atoms with E-state index in [9.17, 15) is 9.90 Å². The predicted octanol–water partition coefficient (Wildman–Crippen LogP) is 3.69. The summed E-state index contributed by atoms with van der Waals surface area (Å²) in [4.78, 5) is 12.4. The molecule has 2 rings (SSSR count). The van der Waals surface area contributed by atoms with Crippen molar-refractivity contribution in [2.75, 3.05) is 7.11 Å². The van der Waals surface area contributed by atoms with E-state index in [2.05, 4.69) is 15.9 Å². The van der Waals surface area contributed by atoms with Gasteiger partial charge in [-0.05, 0) is 32.9 Å². The van der Waals surface area contributed by atoms with Gasteiger partial charge in [0.25, 0.3) is 0 Å². The van der Waals surface area contributed by atoms with Gasteiger partial charge in [0.05, 0.1) is 13.7 Å². The Balaban J connectivity index is 2.69. The van der Waals surface area contributed by atoms with Crippen molar-refractivity contribution in [1.29, 1.82) is 0 Å². The highest BCUT2D eigenvalue weighted by molar-refractivity contribution is 9.10. The molecule has 0 radical (unpaired) electrons. The Morgan fingerprint density at radius 1 is 1.38 bits per heavy atom. The Morgan fingerprint density at radius 2 is 2.05 bits per heavy atom. The number of hydrogen-bond donors (Lipinski definition) is 1. The summed E-state index contributed by atoms with van der Waals surface area (Å²) in [6.07, 6.45) is 1.06. The lowest BCUT2D eigenvalue weighted by molar-refractivity contribution is 0.0543. The smallest absolute Gasteiger partial charge is 0.419 e. The van der Waals surface area contributed by atoms with Gasteiger partial charge in [-0.1, -0.05) is 15.9 Å². The number of aliphatic hydroxyl groups excluding tert-OH is 1. The minimum absolute atomic E-state index is 0.182. The molecule has 0 saturated carbocycles. The summed E-state index contributed by atoms with van der Waals surface area (Å²) in [7, 11) is 1.54. The Kier molecular flexibility index (Phi) is 4.30. The number of methoxy groups -OCH3 is 1. The zero-order valence-corrected chi connectivity index (χ0v) is 14.0. The summed E-state index contributed by atoms with van der Waals surface area (Å²) in [5, 5.41) is 10.3. The topological polar surface area (TPSA) is 60.7 Å². The zero-order chi connectivity index (χ0) is 15.8. The van der Waals surface area contributed by atoms with E-state index in [1.165, 1.54) is 11.7 Å². The summed E-state index contributed by atoms with van der Waals surface area (Å²) < 4.78 is 12.9. The Labute approximate surface area is 131 Å². The minimum atomic E-state index is -0.605. The van der Waals surface area contributed by atoms with E-state index in [1.54, 1.807) is 33.0 Å². The van der Waals surface area contributed by atoms with Crippen LogP contribution >= 0.6 is 15.9 Å². The fraction of sp³-hybridized carbons (Fsp3) is 0.400. The van der Waals surface area contributed by atoms with Crippen molar-refractivity contribution in [2.24, 2.45) is 0 Å². The second-order valence-corrected chi connectivity index (χ2v) is 6.49. The number of halogens is 1. The Bertz CT molecular complexity index is 685. The first kappa shape index (κ1) is 15.9. The van der Waals surface area contributed by atoms with Crippen molar-refractivity contribution < 1.29 is 19.4 Å². The van der Waals surface area contributed by atoms with Crippen LogP contribution in [0.4, 0.5) is 4.79 Å². The van der Waals surface area contributed by atoms with E-state index in [4.69, 9.17) is 9.47 Å². The SMILES string of the molecule is COc1ccc(Br)c2c(CO)cn(C(=O)OC(C)(C)C)c12. The van der Waals surface area contributed by atoms with Crippen LogP contribution in [-0.4, -0.2) is 28.5 Å². The number of aromatic nitrogens is 1. The van der Waals surface area contributed by atoms with Crippen LogP contribution in [-0.2, 0) is 11.3 Å². The maximum absolute atomic E-state index is 12.4. The van der Waals surface area contributed by atoms with Gasteiger partial charge in [0, 0.05) is 21.6 Å². The molecule has 0 saturated heterocycles. The lowest BCUT2D eigenvalue weighted by Gasteiger charge is -2.20. The molecule has 0 aliphatic rings. The summed E-state index contributed by atoms with van der Waals surface area (Å²) in [6.45, 7) is 5.22. The van der Waals surface area contributed by atoms with E-state index < -0.39 is 11.7 Å². The van der Waals surface area contributed by atoms with Crippen molar-refractivity contribution in [3.63, 3.8) is 0 Å². The van der Waals surface area contributed by atoms with Crippen LogP contribution in [0.25, 0.3) is 10.9 Å². The maximum Gasteiger partial charge on any atom is 0.419 e. The van der Waals surface area contributed by atoms with E-state index in [1.807, 2.05) is 6.07 Å².